The van der Waals surface area contributed by atoms with Gasteiger partial charge in [0.25, 0.3) is 5.91 Å². The number of amides is 1. The number of nitrogens with one attached hydrogen (secondary N) is 1. The van der Waals surface area contributed by atoms with Crippen LogP contribution in [0.5, 0.6) is 0 Å². The summed E-state index contributed by atoms with van der Waals surface area (Å²) in [7, 11) is 0. The first-order chi connectivity index (χ1) is 11.6. The highest BCUT2D eigenvalue weighted by molar-refractivity contribution is 6.33. The minimum absolute atomic E-state index is 0.119. The molecule has 1 aliphatic rings. The topological polar surface area (TPSA) is 72.9 Å². The first-order valence-corrected chi connectivity index (χ1v) is 8.02. The van der Waals surface area contributed by atoms with Gasteiger partial charge in [-0.25, -0.2) is 4.68 Å². The Labute approximate surface area is 146 Å². The monoisotopic (exact) mass is 372 g/mol. The van der Waals surface area contributed by atoms with Crippen molar-refractivity contribution in [3.63, 3.8) is 0 Å². The molecule has 9 heteroatoms. The predicted octanol–water partition coefficient (Wildman–Crippen LogP) is 3.96. The van der Waals surface area contributed by atoms with Crippen molar-refractivity contribution in [2.24, 2.45) is 0 Å². The number of aromatic nitrogens is 2. The fourth-order valence-corrected chi connectivity index (χ4v) is 3.09. The zero-order chi connectivity index (χ0) is 18.4. The van der Waals surface area contributed by atoms with Gasteiger partial charge in [0.15, 0.2) is 0 Å². The fraction of sp³-hybridized carbons (Fsp3) is 0.375. The molecule has 134 valence electrons. The zero-order valence-corrected chi connectivity index (χ0v) is 14.1. The van der Waals surface area contributed by atoms with Gasteiger partial charge in [0, 0.05) is 5.56 Å². The Morgan fingerprint density at radius 1 is 1.40 bits per heavy atom. The van der Waals surface area contributed by atoms with Crippen LogP contribution in [-0.4, -0.2) is 15.7 Å². The second-order valence-electron chi connectivity index (χ2n) is 6.16. The van der Waals surface area contributed by atoms with Gasteiger partial charge in [0.05, 0.1) is 22.5 Å². The molecule has 1 aliphatic carbocycles. The highest BCUT2D eigenvalue weighted by Crippen LogP contribution is 2.42. The number of rotatable bonds is 3. The van der Waals surface area contributed by atoms with Gasteiger partial charge < -0.3 is 11.1 Å². The standard InChI is InChI=1S/C16H16ClF3N4O/c1-9-8-22-24(13(9)21)15(5-2-6-15)14(25)23-12-4-3-10(7-11(12)17)16(18,19)20/h3-4,7-8H,2,5-6,21H2,1H3,(H,23,25). The Balaban J connectivity index is 1.88. The van der Waals surface area contributed by atoms with E-state index in [4.69, 9.17) is 17.3 Å². The summed E-state index contributed by atoms with van der Waals surface area (Å²) >= 11 is 5.91. The predicted molar refractivity (Wildman–Crippen MR) is 88.3 cm³/mol. The van der Waals surface area contributed by atoms with Gasteiger partial charge in [0.2, 0.25) is 0 Å². The lowest BCUT2D eigenvalue weighted by Gasteiger charge is -2.40. The van der Waals surface area contributed by atoms with Crippen LogP contribution in [0.15, 0.2) is 24.4 Å². The first-order valence-electron chi connectivity index (χ1n) is 7.64. The molecule has 25 heavy (non-hydrogen) atoms. The van der Waals surface area contributed by atoms with Crippen LogP contribution >= 0.6 is 11.6 Å². The fourth-order valence-electron chi connectivity index (χ4n) is 2.86. The minimum Gasteiger partial charge on any atom is -0.384 e. The van der Waals surface area contributed by atoms with Gasteiger partial charge in [-0.15, -0.1) is 0 Å². The molecule has 1 amide bonds. The van der Waals surface area contributed by atoms with Gasteiger partial charge in [-0.3, -0.25) is 4.79 Å². The van der Waals surface area contributed by atoms with Crippen molar-refractivity contribution in [2.45, 2.75) is 37.9 Å². The van der Waals surface area contributed by atoms with Crippen LogP contribution in [-0.2, 0) is 16.5 Å². The molecule has 0 atom stereocenters. The summed E-state index contributed by atoms with van der Waals surface area (Å²) in [5.74, 6) is 0.00331. The molecule has 1 aromatic carbocycles. The van der Waals surface area contributed by atoms with E-state index in [0.717, 1.165) is 30.2 Å². The Hall–Kier alpha value is -2.22. The van der Waals surface area contributed by atoms with Crippen LogP contribution in [0.3, 0.4) is 0 Å². The van der Waals surface area contributed by atoms with Crippen molar-refractivity contribution in [3.8, 4) is 0 Å². The number of hydrogen-bond acceptors (Lipinski definition) is 3. The van der Waals surface area contributed by atoms with Gasteiger partial charge in [-0.05, 0) is 44.4 Å². The summed E-state index contributed by atoms with van der Waals surface area (Å²) in [5.41, 5.74) is 5.06. The first kappa shape index (κ1) is 17.6. The lowest BCUT2D eigenvalue weighted by atomic mass is 9.76. The number of anilines is 2. The largest absolute Gasteiger partial charge is 0.416 e. The Morgan fingerprint density at radius 3 is 2.52 bits per heavy atom. The number of aryl methyl sites for hydroxylation is 1. The second kappa shape index (κ2) is 5.94. The number of halogens is 4. The highest BCUT2D eigenvalue weighted by atomic mass is 35.5. The summed E-state index contributed by atoms with van der Waals surface area (Å²) < 4.78 is 39.6. The lowest BCUT2D eigenvalue weighted by molar-refractivity contribution is -0.137. The van der Waals surface area contributed by atoms with E-state index in [0.29, 0.717) is 18.7 Å². The average Bonchev–Trinajstić information content (AvgIpc) is 2.80. The van der Waals surface area contributed by atoms with Crippen LogP contribution < -0.4 is 11.1 Å². The van der Waals surface area contributed by atoms with E-state index >= 15 is 0 Å². The number of alkyl halides is 3. The summed E-state index contributed by atoms with van der Waals surface area (Å²) in [4.78, 5) is 12.8. The lowest BCUT2D eigenvalue weighted by Crippen LogP contribution is -2.51. The number of benzene rings is 1. The molecule has 0 saturated heterocycles. The minimum atomic E-state index is -4.50. The van der Waals surface area contributed by atoms with Crippen LogP contribution in [0, 0.1) is 6.92 Å². The molecule has 2 aromatic rings. The van der Waals surface area contributed by atoms with E-state index in [1.807, 2.05) is 0 Å². The van der Waals surface area contributed by atoms with E-state index < -0.39 is 23.2 Å². The molecule has 1 aromatic heterocycles. The van der Waals surface area contributed by atoms with Crippen LogP contribution in [0.4, 0.5) is 24.7 Å². The number of nitrogens with two attached hydrogens (primary N) is 1. The molecule has 0 bridgehead atoms. The maximum Gasteiger partial charge on any atom is 0.416 e. The van der Waals surface area contributed by atoms with Crippen LogP contribution in [0.25, 0.3) is 0 Å². The third-order valence-electron chi connectivity index (χ3n) is 4.55. The number of hydrogen-bond donors (Lipinski definition) is 2. The van der Waals surface area contributed by atoms with E-state index in [1.54, 1.807) is 13.1 Å². The molecular weight excluding hydrogens is 357 g/mol. The Morgan fingerprint density at radius 2 is 2.08 bits per heavy atom. The summed E-state index contributed by atoms with van der Waals surface area (Å²) in [6.07, 6.45) is -1.01. The second-order valence-corrected chi connectivity index (χ2v) is 6.56. The van der Waals surface area contributed by atoms with Crippen LogP contribution in [0.1, 0.15) is 30.4 Å². The maximum atomic E-state index is 12.8. The van der Waals surface area contributed by atoms with Crippen molar-refractivity contribution in [1.29, 1.82) is 0 Å². The molecule has 0 aliphatic heterocycles. The van der Waals surface area contributed by atoms with Gasteiger partial charge in [-0.1, -0.05) is 11.6 Å². The number of nitrogen functional groups attached to an aromatic ring is 1. The van der Waals surface area contributed by atoms with Gasteiger partial charge >= 0.3 is 6.18 Å². The normalized spacial score (nSPS) is 16.4. The van der Waals surface area contributed by atoms with E-state index in [2.05, 4.69) is 10.4 Å². The van der Waals surface area contributed by atoms with Gasteiger partial charge in [-0.2, -0.15) is 18.3 Å². The summed E-state index contributed by atoms with van der Waals surface area (Å²) in [6, 6.07) is 2.81. The van der Waals surface area contributed by atoms with Crippen molar-refractivity contribution < 1.29 is 18.0 Å². The van der Waals surface area contributed by atoms with E-state index in [-0.39, 0.29) is 10.7 Å². The molecule has 0 unspecified atom stereocenters. The molecule has 3 N–H and O–H groups in total. The Kier molecular flexibility index (Phi) is 4.18. The molecular formula is C16H16ClF3N4O. The number of nitrogens with zero attached hydrogens (tertiary/aromatic N) is 2. The number of carbonyl (C=O) groups excluding carboxylic acids is 1. The van der Waals surface area contributed by atoms with Crippen molar-refractivity contribution in [1.82, 2.24) is 9.78 Å². The molecule has 1 heterocycles. The zero-order valence-electron chi connectivity index (χ0n) is 13.3. The molecule has 1 saturated carbocycles. The SMILES string of the molecule is Cc1cnn(C2(C(=O)Nc3ccc(C(F)(F)F)cc3Cl)CCC2)c1N. The molecule has 1 fully saturated rings. The average molecular weight is 373 g/mol. The van der Waals surface area contributed by atoms with Crippen molar-refractivity contribution in [2.75, 3.05) is 11.1 Å². The van der Waals surface area contributed by atoms with Gasteiger partial charge in [0.1, 0.15) is 11.4 Å². The van der Waals surface area contributed by atoms with E-state index in [1.165, 1.54) is 4.68 Å². The quantitative estimate of drug-likeness (QED) is 0.856. The third-order valence-corrected chi connectivity index (χ3v) is 4.87. The summed E-state index contributed by atoms with van der Waals surface area (Å²) in [5, 5.41) is 6.62. The maximum absolute atomic E-state index is 12.8. The van der Waals surface area contributed by atoms with E-state index in [9.17, 15) is 18.0 Å². The highest BCUT2D eigenvalue weighted by Gasteiger charge is 2.48. The summed E-state index contributed by atoms with van der Waals surface area (Å²) in [6.45, 7) is 1.79. The molecule has 0 radical (unpaired) electrons. The Bertz CT molecular complexity index is 827. The number of carbonyl (C=O) groups is 1. The third kappa shape index (κ3) is 2.95. The van der Waals surface area contributed by atoms with Crippen LogP contribution in [0.2, 0.25) is 5.02 Å². The molecule has 3 rings (SSSR count). The van der Waals surface area contributed by atoms with Crippen molar-refractivity contribution >= 4 is 29.0 Å². The molecule has 0 spiro atoms. The molecule has 5 nitrogen and oxygen atoms in total. The van der Waals surface area contributed by atoms with Crippen molar-refractivity contribution in [3.05, 3.63) is 40.5 Å². The smallest absolute Gasteiger partial charge is 0.384 e.